The molecule has 0 amide bonds. The molecule has 0 heterocycles. The maximum Gasteiger partial charge on any atom is 0.243 e. The van der Waals surface area contributed by atoms with Crippen LogP contribution in [0, 0.1) is 12.3 Å². The second kappa shape index (κ2) is 4.00. The van der Waals surface area contributed by atoms with Gasteiger partial charge in [-0.15, -0.1) is 0 Å². The van der Waals surface area contributed by atoms with Crippen LogP contribution in [0.3, 0.4) is 0 Å². The van der Waals surface area contributed by atoms with Crippen LogP contribution in [-0.4, -0.2) is 19.1 Å². The minimum Gasteiger partial charge on any atom is -0.378 e. The first-order valence-corrected chi connectivity index (χ1v) is 3.98. The van der Waals surface area contributed by atoms with Gasteiger partial charge in [-0.1, -0.05) is 0 Å². The average Bonchev–Trinajstić information content (AvgIpc) is 2.36. The summed E-state index contributed by atoms with van der Waals surface area (Å²) in [4.78, 5) is 0. The fourth-order valence-electron chi connectivity index (χ4n) is 1.45. The quantitative estimate of drug-likeness (QED) is 0.620. The van der Waals surface area contributed by atoms with E-state index in [9.17, 15) is 8.78 Å². The number of hydrogen-bond acceptors (Lipinski definition) is 1. The van der Waals surface area contributed by atoms with E-state index >= 15 is 0 Å². The Hall–Kier alpha value is -0.180. The Morgan fingerprint density at radius 1 is 1.64 bits per heavy atom. The van der Waals surface area contributed by atoms with Crippen molar-refractivity contribution in [1.82, 2.24) is 0 Å². The zero-order valence-corrected chi connectivity index (χ0v) is 6.59. The molecule has 0 spiro atoms. The lowest BCUT2D eigenvalue weighted by atomic mass is 10.1. The van der Waals surface area contributed by atoms with Gasteiger partial charge >= 0.3 is 0 Å². The molecule has 1 aliphatic carbocycles. The van der Waals surface area contributed by atoms with Gasteiger partial charge < -0.3 is 4.74 Å². The summed E-state index contributed by atoms with van der Waals surface area (Å²) >= 11 is 0. The molecule has 1 radical (unpaired) electrons. The summed E-state index contributed by atoms with van der Waals surface area (Å²) < 4.78 is 29.6. The van der Waals surface area contributed by atoms with Crippen molar-refractivity contribution in [3.8, 4) is 0 Å². The molecule has 2 unspecified atom stereocenters. The summed E-state index contributed by atoms with van der Waals surface area (Å²) in [5.41, 5.74) is 0. The van der Waals surface area contributed by atoms with E-state index in [2.05, 4.69) is 0 Å². The maximum absolute atomic E-state index is 12.2. The number of alkyl halides is 2. The first-order valence-electron chi connectivity index (χ1n) is 3.98. The van der Waals surface area contributed by atoms with E-state index in [-0.39, 0.29) is 6.10 Å². The van der Waals surface area contributed by atoms with Crippen LogP contribution in [0.2, 0.25) is 0 Å². The van der Waals surface area contributed by atoms with Crippen LogP contribution in [0.15, 0.2) is 0 Å². The van der Waals surface area contributed by atoms with E-state index in [1.807, 2.05) is 13.3 Å². The molecule has 65 valence electrons. The van der Waals surface area contributed by atoms with Gasteiger partial charge in [-0.3, -0.25) is 0 Å². The van der Waals surface area contributed by atoms with Gasteiger partial charge in [0.2, 0.25) is 6.43 Å². The van der Waals surface area contributed by atoms with Gasteiger partial charge in [0.15, 0.2) is 0 Å². The molecule has 0 aromatic heterocycles. The Morgan fingerprint density at radius 3 is 2.91 bits per heavy atom. The summed E-state index contributed by atoms with van der Waals surface area (Å²) in [6, 6.07) is 0. The predicted octanol–water partition coefficient (Wildman–Crippen LogP) is 2.27. The van der Waals surface area contributed by atoms with Crippen molar-refractivity contribution >= 4 is 0 Å². The Labute approximate surface area is 65.7 Å². The van der Waals surface area contributed by atoms with Crippen molar-refractivity contribution in [2.24, 2.45) is 5.92 Å². The highest BCUT2D eigenvalue weighted by molar-refractivity contribution is 4.92. The average molecular weight is 163 g/mol. The second-order valence-electron chi connectivity index (χ2n) is 2.73. The van der Waals surface area contributed by atoms with Crippen LogP contribution in [0.5, 0.6) is 0 Å². The third-order valence-corrected chi connectivity index (χ3v) is 2.00. The molecule has 1 aliphatic rings. The van der Waals surface area contributed by atoms with E-state index in [0.717, 1.165) is 6.42 Å². The summed E-state index contributed by atoms with van der Waals surface area (Å²) in [5, 5.41) is 0. The van der Waals surface area contributed by atoms with E-state index in [1.54, 1.807) is 0 Å². The van der Waals surface area contributed by atoms with Crippen molar-refractivity contribution in [2.45, 2.75) is 32.3 Å². The van der Waals surface area contributed by atoms with Crippen molar-refractivity contribution in [1.29, 1.82) is 0 Å². The van der Waals surface area contributed by atoms with Crippen molar-refractivity contribution in [2.75, 3.05) is 6.61 Å². The molecular weight excluding hydrogens is 150 g/mol. The van der Waals surface area contributed by atoms with Gasteiger partial charge in [0.05, 0.1) is 6.10 Å². The van der Waals surface area contributed by atoms with Crippen molar-refractivity contribution in [3.05, 3.63) is 6.42 Å². The Balaban J connectivity index is 2.37. The molecule has 0 saturated heterocycles. The number of hydrogen-bond donors (Lipinski definition) is 0. The lowest BCUT2D eigenvalue weighted by Crippen LogP contribution is -2.24. The number of ether oxygens (including phenoxy) is 1. The molecule has 0 N–H and O–H groups in total. The van der Waals surface area contributed by atoms with Gasteiger partial charge in [-0.25, -0.2) is 8.78 Å². The van der Waals surface area contributed by atoms with Gasteiger partial charge in [0.25, 0.3) is 0 Å². The molecule has 1 nitrogen and oxygen atoms in total. The van der Waals surface area contributed by atoms with Gasteiger partial charge in [-0.05, 0) is 26.2 Å². The predicted molar refractivity (Wildman–Crippen MR) is 38.4 cm³/mol. The third kappa shape index (κ3) is 2.12. The topological polar surface area (TPSA) is 9.23 Å². The normalized spacial score (nSPS) is 31.6. The summed E-state index contributed by atoms with van der Waals surface area (Å²) in [6.45, 7) is 2.35. The fourth-order valence-corrected chi connectivity index (χ4v) is 1.45. The largest absolute Gasteiger partial charge is 0.378 e. The highest BCUT2D eigenvalue weighted by Gasteiger charge is 2.34. The smallest absolute Gasteiger partial charge is 0.243 e. The summed E-state index contributed by atoms with van der Waals surface area (Å²) in [6.07, 6.45) is 0.646. The molecular formula is C8H13F2O. The zero-order chi connectivity index (χ0) is 8.27. The van der Waals surface area contributed by atoms with Crippen LogP contribution >= 0.6 is 0 Å². The molecule has 2 atom stereocenters. The second-order valence-corrected chi connectivity index (χ2v) is 2.73. The molecule has 11 heavy (non-hydrogen) atoms. The van der Waals surface area contributed by atoms with E-state index in [0.29, 0.717) is 13.0 Å². The van der Waals surface area contributed by atoms with E-state index in [1.165, 1.54) is 0 Å². The highest BCUT2D eigenvalue weighted by Crippen LogP contribution is 2.31. The molecule has 0 aromatic rings. The first-order chi connectivity index (χ1) is 5.25. The SMILES string of the molecule is CCOC1[CH]CCC1C(F)F. The van der Waals surface area contributed by atoms with Gasteiger partial charge in [-0.2, -0.15) is 0 Å². The Bertz CT molecular complexity index is 117. The van der Waals surface area contributed by atoms with Crippen LogP contribution in [0.1, 0.15) is 19.8 Å². The molecule has 1 rings (SSSR count). The van der Waals surface area contributed by atoms with Crippen molar-refractivity contribution < 1.29 is 13.5 Å². The van der Waals surface area contributed by atoms with Crippen LogP contribution in [0.25, 0.3) is 0 Å². The number of rotatable bonds is 3. The molecule has 0 aromatic carbocycles. The fraction of sp³-hybridized carbons (Fsp3) is 0.875. The standard InChI is InChI=1S/C8H13F2O/c1-2-11-7-5-3-4-6(7)8(9)10/h5-8H,2-4H2,1H3. The van der Waals surface area contributed by atoms with E-state index < -0.39 is 12.3 Å². The summed E-state index contributed by atoms with van der Waals surface area (Å²) in [7, 11) is 0. The number of halogens is 2. The van der Waals surface area contributed by atoms with Gasteiger partial charge in [0, 0.05) is 12.5 Å². The molecule has 1 fully saturated rings. The molecule has 0 bridgehead atoms. The monoisotopic (exact) mass is 163 g/mol. The lowest BCUT2D eigenvalue weighted by molar-refractivity contribution is -0.0170. The molecule has 0 aliphatic heterocycles. The van der Waals surface area contributed by atoms with E-state index in [4.69, 9.17) is 4.74 Å². The minimum absolute atomic E-state index is 0.306. The molecule has 3 heteroatoms. The van der Waals surface area contributed by atoms with Crippen LogP contribution < -0.4 is 0 Å². The van der Waals surface area contributed by atoms with Crippen LogP contribution in [0.4, 0.5) is 8.78 Å². The Kier molecular flexibility index (Phi) is 3.24. The lowest BCUT2D eigenvalue weighted by Gasteiger charge is -2.17. The minimum atomic E-state index is -2.23. The van der Waals surface area contributed by atoms with Crippen LogP contribution in [-0.2, 0) is 4.74 Å². The Morgan fingerprint density at radius 2 is 2.36 bits per heavy atom. The molecule has 1 saturated carbocycles. The van der Waals surface area contributed by atoms with Crippen molar-refractivity contribution in [3.63, 3.8) is 0 Å². The third-order valence-electron chi connectivity index (χ3n) is 2.00. The maximum atomic E-state index is 12.2. The first kappa shape index (κ1) is 8.91. The zero-order valence-electron chi connectivity index (χ0n) is 6.59. The van der Waals surface area contributed by atoms with Gasteiger partial charge in [0.1, 0.15) is 0 Å². The highest BCUT2D eigenvalue weighted by atomic mass is 19.3. The summed E-state index contributed by atoms with van der Waals surface area (Å²) in [5.74, 6) is -0.560.